The molecule has 0 amide bonds. The molecule has 0 aliphatic heterocycles. The number of hydrogen-bond acceptors (Lipinski definition) is 3. The average Bonchev–Trinajstić information content (AvgIpc) is 2.91. The molecule has 1 fully saturated rings. The van der Waals surface area contributed by atoms with Crippen LogP contribution in [-0.4, -0.2) is 20.0 Å². The molecular formula is C15H22N2O2S2. The van der Waals surface area contributed by atoms with E-state index in [0.29, 0.717) is 23.6 Å². The summed E-state index contributed by atoms with van der Waals surface area (Å²) in [6.45, 7) is 0.516. The summed E-state index contributed by atoms with van der Waals surface area (Å²) in [5.74, 6) is 0.599. The maximum absolute atomic E-state index is 12.2. The molecule has 0 heterocycles. The highest BCUT2D eigenvalue weighted by atomic mass is 32.2. The molecule has 1 aliphatic rings. The molecule has 0 unspecified atom stereocenters. The molecule has 1 aromatic rings. The molecule has 4 nitrogen and oxygen atoms in total. The van der Waals surface area contributed by atoms with Gasteiger partial charge in [0.05, 0.1) is 5.75 Å². The highest BCUT2D eigenvalue weighted by Crippen LogP contribution is 2.27. The number of rotatable bonds is 7. The van der Waals surface area contributed by atoms with E-state index in [4.69, 9.17) is 18.0 Å². The van der Waals surface area contributed by atoms with Crippen LogP contribution in [0.2, 0.25) is 0 Å². The van der Waals surface area contributed by atoms with Crippen LogP contribution in [0.3, 0.4) is 0 Å². The van der Waals surface area contributed by atoms with Gasteiger partial charge in [0.25, 0.3) is 0 Å². The molecule has 0 spiro atoms. The van der Waals surface area contributed by atoms with Crippen LogP contribution in [0.1, 0.15) is 43.2 Å². The fraction of sp³-hybridized carbons (Fsp3) is 0.533. The van der Waals surface area contributed by atoms with Crippen molar-refractivity contribution in [3.05, 3.63) is 35.4 Å². The van der Waals surface area contributed by atoms with Crippen molar-refractivity contribution in [3.63, 3.8) is 0 Å². The lowest BCUT2D eigenvalue weighted by molar-refractivity contribution is 0.495. The molecule has 2 rings (SSSR count). The Balaban J connectivity index is 1.92. The number of nitrogens with one attached hydrogen (secondary N) is 1. The van der Waals surface area contributed by atoms with Crippen molar-refractivity contribution < 1.29 is 8.42 Å². The van der Waals surface area contributed by atoms with Crippen LogP contribution in [0.25, 0.3) is 0 Å². The Labute approximate surface area is 132 Å². The second-order valence-electron chi connectivity index (χ2n) is 5.61. The van der Waals surface area contributed by atoms with Gasteiger partial charge in [0.15, 0.2) is 0 Å². The third kappa shape index (κ3) is 5.05. The van der Waals surface area contributed by atoms with Gasteiger partial charge in [-0.3, -0.25) is 0 Å². The number of nitrogens with two attached hydrogens (primary N) is 1. The third-order valence-corrected chi connectivity index (χ3v) is 5.53. The third-order valence-electron chi connectivity index (χ3n) is 3.98. The predicted octanol–water partition coefficient (Wildman–Crippen LogP) is 2.32. The lowest BCUT2D eigenvalue weighted by Gasteiger charge is -2.12. The first-order chi connectivity index (χ1) is 9.98. The van der Waals surface area contributed by atoms with Crippen molar-refractivity contribution in [1.82, 2.24) is 4.72 Å². The summed E-state index contributed by atoms with van der Waals surface area (Å²) < 4.78 is 27.0. The van der Waals surface area contributed by atoms with Crippen molar-refractivity contribution in [1.29, 1.82) is 0 Å². The molecule has 1 aromatic carbocycles. The quantitative estimate of drug-likeness (QED) is 0.754. The zero-order valence-electron chi connectivity index (χ0n) is 12.0. The minimum atomic E-state index is -3.35. The Hall–Kier alpha value is -0.980. The molecule has 0 radical (unpaired) electrons. The van der Waals surface area contributed by atoms with Crippen LogP contribution in [-0.2, 0) is 15.8 Å². The van der Waals surface area contributed by atoms with Crippen molar-refractivity contribution >= 4 is 27.2 Å². The number of sulfonamides is 1. The fourth-order valence-electron chi connectivity index (χ4n) is 2.86. The molecule has 0 atom stereocenters. The van der Waals surface area contributed by atoms with E-state index in [1.165, 1.54) is 25.7 Å². The second-order valence-corrected chi connectivity index (χ2v) is 7.86. The standard InChI is InChI=1S/C15H22N2O2S2/c16-15(20)14-8-4-3-7-13(14)11-21(18,19)17-10-9-12-5-1-2-6-12/h3-4,7-8,12,17H,1-2,5-6,9-11H2,(H2,16,20). The van der Waals surface area contributed by atoms with Crippen molar-refractivity contribution in [3.8, 4) is 0 Å². The predicted molar refractivity (Wildman–Crippen MR) is 89.5 cm³/mol. The molecule has 0 aromatic heterocycles. The zero-order valence-corrected chi connectivity index (χ0v) is 13.7. The molecule has 0 bridgehead atoms. The topological polar surface area (TPSA) is 72.2 Å². The number of benzene rings is 1. The molecule has 21 heavy (non-hydrogen) atoms. The van der Waals surface area contributed by atoms with Gasteiger partial charge in [-0.15, -0.1) is 0 Å². The van der Waals surface area contributed by atoms with E-state index < -0.39 is 10.0 Å². The fourth-order valence-corrected chi connectivity index (χ4v) is 4.25. The van der Waals surface area contributed by atoms with E-state index in [9.17, 15) is 8.42 Å². The lowest BCUT2D eigenvalue weighted by Crippen LogP contribution is -2.28. The van der Waals surface area contributed by atoms with Gasteiger partial charge in [-0.05, 0) is 17.9 Å². The van der Waals surface area contributed by atoms with E-state index in [0.717, 1.165) is 6.42 Å². The van der Waals surface area contributed by atoms with Gasteiger partial charge in [0.1, 0.15) is 4.99 Å². The minimum Gasteiger partial charge on any atom is -0.389 e. The highest BCUT2D eigenvalue weighted by Gasteiger charge is 2.18. The van der Waals surface area contributed by atoms with Gasteiger partial charge < -0.3 is 5.73 Å². The molecule has 3 N–H and O–H groups in total. The van der Waals surface area contributed by atoms with Crippen molar-refractivity contribution in [2.24, 2.45) is 11.7 Å². The number of thiocarbonyl (C=S) groups is 1. The van der Waals surface area contributed by atoms with Gasteiger partial charge in [0, 0.05) is 12.1 Å². The van der Waals surface area contributed by atoms with Gasteiger partial charge in [-0.25, -0.2) is 13.1 Å². The number of hydrogen-bond donors (Lipinski definition) is 2. The van der Waals surface area contributed by atoms with Gasteiger partial charge in [0.2, 0.25) is 10.0 Å². The van der Waals surface area contributed by atoms with E-state index in [2.05, 4.69) is 4.72 Å². The molecule has 1 aliphatic carbocycles. The minimum absolute atomic E-state index is 0.0782. The van der Waals surface area contributed by atoms with Crippen molar-refractivity contribution in [2.75, 3.05) is 6.54 Å². The summed E-state index contributed by atoms with van der Waals surface area (Å²) in [7, 11) is -3.35. The van der Waals surface area contributed by atoms with E-state index in [1.807, 2.05) is 0 Å². The summed E-state index contributed by atoms with van der Waals surface area (Å²) in [5, 5.41) is 0. The highest BCUT2D eigenvalue weighted by molar-refractivity contribution is 7.88. The summed E-state index contributed by atoms with van der Waals surface area (Å²) >= 11 is 4.96. The first kappa shape index (κ1) is 16.4. The van der Waals surface area contributed by atoms with Crippen molar-refractivity contribution in [2.45, 2.75) is 37.9 Å². The first-order valence-electron chi connectivity index (χ1n) is 7.33. The average molecular weight is 326 g/mol. The summed E-state index contributed by atoms with van der Waals surface area (Å²) in [5.41, 5.74) is 6.92. The maximum atomic E-state index is 12.2. The normalized spacial score (nSPS) is 16.2. The SMILES string of the molecule is NC(=S)c1ccccc1CS(=O)(=O)NCCC1CCCC1. The van der Waals surface area contributed by atoms with E-state index in [1.54, 1.807) is 24.3 Å². The van der Waals surface area contributed by atoms with Crippen LogP contribution in [0.15, 0.2) is 24.3 Å². The Kier molecular flexibility index (Phi) is 5.72. The van der Waals surface area contributed by atoms with Crippen LogP contribution < -0.4 is 10.5 Å². The smallest absolute Gasteiger partial charge is 0.215 e. The molecule has 116 valence electrons. The Morgan fingerprint density at radius 3 is 2.62 bits per heavy atom. The van der Waals surface area contributed by atoms with E-state index in [-0.39, 0.29) is 10.7 Å². The molecule has 0 saturated heterocycles. The molecular weight excluding hydrogens is 304 g/mol. The van der Waals surface area contributed by atoms with Crippen LogP contribution in [0.4, 0.5) is 0 Å². The van der Waals surface area contributed by atoms with Gasteiger partial charge in [-0.1, -0.05) is 62.2 Å². The van der Waals surface area contributed by atoms with Crippen LogP contribution in [0.5, 0.6) is 0 Å². The molecule has 1 saturated carbocycles. The molecule has 6 heteroatoms. The zero-order chi connectivity index (χ0) is 15.3. The maximum Gasteiger partial charge on any atom is 0.215 e. The van der Waals surface area contributed by atoms with Crippen LogP contribution >= 0.6 is 12.2 Å². The lowest BCUT2D eigenvalue weighted by atomic mass is 10.1. The second kappa shape index (κ2) is 7.33. The summed E-state index contributed by atoms with van der Waals surface area (Å²) in [6, 6.07) is 7.11. The Morgan fingerprint density at radius 1 is 1.29 bits per heavy atom. The summed E-state index contributed by atoms with van der Waals surface area (Å²) in [4.78, 5) is 0.228. The monoisotopic (exact) mass is 326 g/mol. The Morgan fingerprint density at radius 2 is 1.95 bits per heavy atom. The Bertz CT molecular complexity index is 593. The van der Waals surface area contributed by atoms with Crippen LogP contribution in [0, 0.1) is 5.92 Å². The van der Waals surface area contributed by atoms with Gasteiger partial charge >= 0.3 is 0 Å². The van der Waals surface area contributed by atoms with Gasteiger partial charge in [-0.2, -0.15) is 0 Å². The largest absolute Gasteiger partial charge is 0.389 e. The first-order valence-corrected chi connectivity index (χ1v) is 9.39. The summed E-state index contributed by atoms with van der Waals surface area (Å²) in [6.07, 6.45) is 5.94. The van der Waals surface area contributed by atoms with E-state index >= 15 is 0 Å².